The molecule has 0 aromatic carbocycles. The molecule has 15 heavy (non-hydrogen) atoms. The van der Waals surface area contributed by atoms with Gasteiger partial charge in [-0.15, -0.1) is 12.3 Å². The third-order valence-corrected chi connectivity index (χ3v) is 2.16. The highest BCUT2D eigenvalue weighted by molar-refractivity contribution is 5.55. The highest BCUT2D eigenvalue weighted by atomic mass is 14.9. The van der Waals surface area contributed by atoms with E-state index >= 15 is 0 Å². The van der Waals surface area contributed by atoms with Gasteiger partial charge in [0.2, 0.25) is 0 Å². The minimum absolute atomic E-state index is 0.200. The van der Waals surface area contributed by atoms with Crippen molar-refractivity contribution in [2.75, 3.05) is 5.32 Å². The molecule has 0 saturated carbocycles. The smallest absolute Gasteiger partial charge is 0.101 e. The van der Waals surface area contributed by atoms with Crippen molar-refractivity contribution in [3.63, 3.8) is 0 Å². The number of pyridine rings is 1. The summed E-state index contributed by atoms with van der Waals surface area (Å²) in [4.78, 5) is 3.98. The molecule has 0 aliphatic heterocycles. The van der Waals surface area contributed by atoms with Crippen LogP contribution in [0.1, 0.15) is 25.3 Å². The van der Waals surface area contributed by atoms with E-state index in [0.717, 1.165) is 12.1 Å². The molecular formula is C12H13N3. The van der Waals surface area contributed by atoms with Crippen LogP contribution in [0, 0.1) is 23.7 Å². The predicted molar refractivity (Wildman–Crippen MR) is 60.1 cm³/mol. The molecule has 0 saturated heterocycles. The van der Waals surface area contributed by atoms with Crippen molar-refractivity contribution in [1.82, 2.24) is 4.98 Å². The second kappa shape index (κ2) is 5.67. The van der Waals surface area contributed by atoms with Gasteiger partial charge in [0.25, 0.3) is 0 Å². The highest BCUT2D eigenvalue weighted by Gasteiger charge is 2.07. The van der Waals surface area contributed by atoms with Crippen molar-refractivity contribution in [3.8, 4) is 18.4 Å². The van der Waals surface area contributed by atoms with E-state index in [9.17, 15) is 0 Å². The summed E-state index contributed by atoms with van der Waals surface area (Å²) in [5, 5.41) is 12.1. The molecule has 1 aromatic rings. The Morgan fingerprint density at radius 1 is 1.67 bits per heavy atom. The van der Waals surface area contributed by atoms with Gasteiger partial charge in [-0.25, -0.2) is 0 Å². The molecule has 1 unspecified atom stereocenters. The van der Waals surface area contributed by atoms with Gasteiger partial charge in [-0.2, -0.15) is 5.26 Å². The summed E-state index contributed by atoms with van der Waals surface area (Å²) < 4.78 is 0. The Labute approximate surface area is 90.1 Å². The van der Waals surface area contributed by atoms with Crippen LogP contribution in [-0.4, -0.2) is 11.0 Å². The van der Waals surface area contributed by atoms with Crippen molar-refractivity contribution < 1.29 is 0 Å². The third-order valence-electron chi connectivity index (χ3n) is 2.16. The van der Waals surface area contributed by atoms with Crippen molar-refractivity contribution in [2.24, 2.45) is 0 Å². The Bertz CT molecular complexity index is 398. The number of anilines is 1. The standard InChI is InChI=1S/C12H13N3/c1-3-5-11(4-2)15-12-9-14-7-6-10(12)8-13/h1,6-7,9,11,15H,4-5H2,2H3. The lowest BCUT2D eigenvalue weighted by Crippen LogP contribution is -2.18. The van der Waals surface area contributed by atoms with E-state index in [-0.39, 0.29) is 6.04 Å². The first-order valence-corrected chi connectivity index (χ1v) is 4.86. The number of hydrogen-bond donors (Lipinski definition) is 1. The van der Waals surface area contributed by atoms with Crippen molar-refractivity contribution in [2.45, 2.75) is 25.8 Å². The number of terminal acetylenes is 1. The average Bonchev–Trinajstić information content (AvgIpc) is 2.29. The van der Waals surface area contributed by atoms with Crippen LogP contribution in [0.3, 0.4) is 0 Å². The maximum atomic E-state index is 8.88. The van der Waals surface area contributed by atoms with Gasteiger partial charge in [-0.05, 0) is 12.5 Å². The van der Waals surface area contributed by atoms with Crippen LogP contribution in [-0.2, 0) is 0 Å². The minimum Gasteiger partial charge on any atom is -0.379 e. The molecule has 0 aliphatic rings. The number of aromatic nitrogens is 1. The number of nitrogens with one attached hydrogen (secondary N) is 1. The summed E-state index contributed by atoms with van der Waals surface area (Å²) in [6.07, 6.45) is 10.1. The second-order valence-electron chi connectivity index (χ2n) is 3.19. The van der Waals surface area contributed by atoms with Crippen LogP contribution in [0.4, 0.5) is 5.69 Å². The van der Waals surface area contributed by atoms with Crippen LogP contribution < -0.4 is 5.32 Å². The average molecular weight is 199 g/mol. The zero-order valence-corrected chi connectivity index (χ0v) is 8.70. The molecule has 0 bridgehead atoms. The first kappa shape index (κ1) is 11.1. The minimum atomic E-state index is 0.200. The number of nitriles is 1. The summed E-state index contributed by atoms with van der Waals surface area (Å²) in [7, 11) is 0. The number of hydrogen-bond acceptors (Lipinski definition) is 3. The van der Waals surface area contributed by atoms with E-state index in [1.165, 1.54) is 0 Å². The summed E-state index contributed by atoms with van der Waals surface area (Å²) >= 11 is 0. The van der Waals surface area contributed by atoms with Gasteiger partial charge >= 0.3 is 0 Å². The fourth-order valence-electron chi connectivity index (χ4n) is 1.27. The Hall–Kier alpha value is -2.00. The van der Waals surface area contributed by atoms with Gasteiger partial charge in [0.1, 0.15) is 6.07 Å². The van der Waals surface area contributed by atoms with Crippen molar-refractivity contribution in [3.05, 3.63) is 24.0 Å². The van der Waals surface area contributed by atoms with E-state index in [4.69, 9.17) is 11.7 Å². The molecule has 0 amide bonds. The first-order valence-electron chi connectivity index (χ1n) is 4.86. The fourth-order valence-corrected chi connectivity index (χ4v) is 1.27. The Balaban J connectivity index is 2.80. The van der Waals surface area contributed by atoms with Crippen LogP contribution in [0.5, 0.6) is 0 Å². The normalized spacial score (nSPS) is 11.1. The summed E-state index contributed by atoms with van der Waals surface area (Å²) in [6, 6.07) is 4.00. The topological polar surface area (TPSA) is 48.7 Å². The van der Waals surface area contributed by atoms with Crippen LogP contribution in [0.15, 0.2) is 18.5 Å². The molecule has 0 fully saturated rings. The van der Waals surface area contributed by atoms with Gasteiger partial charge < -0.3 is 5.32 Å². The predicted octanol–water partition coefficient (Wildman–Crippen LogP) is 2.17. The molecule has 1 N–H and O–H groups in total. The van der Waals surface area contributed by atoms with E-state index in [0.29, 0.717) is 12.0 Å². The molecule has 1 heterocycles. The van der Waals surface area contributed by atoms with Crippen molar-refractivity contribution >= 4 is 5.69 Å². The maximum absolute atomic E-state index is 8.88. The van der Waals surface area contributed by atoms with Crippen LogP contribution in [0.2, 0.25) is 0 Å². The third kappa shape index (κ3) is 3.00. The van der Waals surface area contributed by atoms with Gasteiger partial charge in [0.15, 0.2) is 0 Å². The van der Waals surface area contributed by atoms with Gasteiger partial charge in [0.05, 0.1) is 17.4 Å². The Kier molecular flexibility index (Phi) is 4.19. The highest BCUT2D eigenvalue weighted by Crippen LogP contribution is 2.15. The lowest BCUT2D eigenvalue weighted by Gasteiger charge is -2.15. The Morgan fingerprint density at radius 3 is 3.07 bits per heavy atom. The molecule has 3 heteroatoms. The zero-order valence-electron chi connectivity index (χ0n) is 8.70. The first-order chi connectivity index (χ1) is 7.31. The molecule has 3 nitrogen and oxygen atoms in total. The molecule has 1 rings (SSSR count). The summed E-state index contributed by atoms with van der Waals surface area (Å²) in [6.45, 7) is 2.05. The number of nitrogens with zero attached hydrogens (tertiary/aromatic N) is 2. The second-order valence-corrected chi connectivity index (χ2v) is 3.19. The van der Waals surface area contributed by atoms with Crippen molar-refractivity contribution in [1.29, 1.82) is 5.26 Å². The maximum Gasteiger partial charge on any atom is 0.101 e. The lowest BCUT2D eigenvalue weighted by molar-refractivity contribution is 0.715. The van der Waals surface area contributed by atoms with Gasteiger partial charge in [-0.1, -0.05) is 6.92 Å². The monoisotopic (exact) mass is 199 g/mol. The zero-order chi connectivity index (χ0) is 11.1. The molecular weight excluding hydrogens is 186 g/mol. The molecule has 1 atom stereocenters. The van der Waals surface area contributed by atoms with E-state index in [1.807, 2.05) is 0 Å². The van der Waals surface area contributed by atoms with E-state index in [2.05, 4.69) is 29.2 Å². The quantitative estimate of drug-likeness (QED) is 0.756. The summed E-state index contributed by atoms with van der Waals surface area (Å²) in [5.41, 5.74) is 1.35. The largest absolute Gasteiger partial charge is 0.379 e. The molecule has 0 aliphatic carbocycles. The van der Waals surface area contributed by atoms with Crippen LogP contribution in [0.25, 0.3) is 0 Å². The Morgan fingerprint density at radius 2 is 2.47 bits per heavy atom. The SMILES string of the molecule is C#CCC(CC)Nc1cnccc1C#N. The fraction of sp³-hybridized carbons (Fsp3) is 0.333. The van der Waals surface area contributed by atoms with Gasteiger partial charge in [0, 0.05) is 18.7 Å². The van der Waals surface area contributed by atoms with Gasteiger partial charge in [-0.3, -0.25) is 4.98 Å². The van der Waals surface area contributed by atoms with Crippen LogP contribution >= 0.6 is 0 Å². The lowest BCUT2D eigenvalue weighted by atomic mass is 10.1. The molecule has 76 valence electrons. The van der Waals surface area contributed by atoms with E-state index < -0.39 is 0 Å². The summed E-state index contributed by atoms with van der Waals surface area (Å²) in [5.74, 6) is 2.61. The number of rotatable bonds is 4. The molecule has 0 spiro atoms. The van der Waals surface area contributed by atoms with E-state index in [1.54, 1.807) is 18.5 Å². The molecule has 0 radical (unpaired) electrons. The molecule has 1 aromatic heterocycles.